The van der Waals surface area contributed by atoms with Crippen LogP contribution < -0.4 is 0 Å². The van der Waals surface area contributed by atoms with Crippen LogP contribution in [0.1, 0.15) is 77.8 Å². The Morgan fingerprint density at radius 1 is 1.31 bits per heavy atom. The smallest absolute Gasteiger partial charge is 0.193 e. The van der Waals surface area contributed by atoms with E-state index in [0.717, 1.165) is 42.5 Å². The standard InChI is InChI=1S/C22H33ClN4OSi/c1-15(28-29(5,6)22(2,3)4)21-26-18-14-25-20(23)13-19(18)27(21)17-9-7-16(8-10-17)11-12-24/h13-17H,7-11H2,1-6H3/t15-,16-,17-/m1/s1. The summed E-state index contributed by atoms with van der Waals surface area (Å²) >= 11 is 6.24. The summed E-state index contributed by atoms with van der Waals surface area (Å²) in [5, 5.41) is 9.66. The summed E-state index contributed by atoms with van der Waals surface area (Å²) < 4.78 is 9.05. The molecule has 0 amide bonds. The van der Waals surface area contributed by atoms with Crippen molar-refractivity contribution in [1.82, 2.24) is 14.5 Å². The normalized spacial score (nSPS) is 21.9. The Morgan fingerprint density at radius 2 is 1.97 bits per heavy atom. The van der Waals surface area contributed by atoms with Gasteiger partial charge in [-0.05, 0) is 56.7 Å². The lowest BCUT2D eigenvalue weighted by molar-refractivity contribution is 0.180. The predicted molar refractivity (Wildman–Crippen MR) is 120 cm³/mol. The monoisotopic (exact) mass is 432 g/mol. The van der Waals surface area contributed by atoms with Crippen LogP contribution in [-0.2, 0) is 4.43 Å². The zero-order valence-corrected chi connectivity index (χ0v) is 20.3. The van der Waals surface area contributed by atoms with E-state index in [1.807, 2.05) is 6.07 Å². The fourth-order valence-corrected chi connectivity index (χ4v) is 5.57. The van der Waals surface area contributed by atoms with Crippen molar-refractivity contribution >= 4 is 31.0 Å². The summed E-state index contributed by atoms with van der Waals surface area (Å²) in [6, 6.07) is 4.61. The maximum Gasteiger partial charge on any atom is 0.193 e. The van der Waals surface area contributed by atoms with Crippen molar-refractivity contribution in [3.63, 3.8) is 0 Å². The van der Waals surface area contributed by atoms with Crippen molar-refractivity contribution in [3.8, 4) is 6.07 Å². The molecule has 0 bridgehead atoms. The summed E-state index contributed by atoms with van der Waals surface area (Å²) in [6.45, 7) is 13.5. The highest BCUT2D eigenvalue weighted by Crippen LogP contribution is 2.42. The van der Waals surface area contributed by atoms with Crippen molar-refractivity contribution in [3.05, 3.63) is 23.2 Å². The Bertz CT molecular complexity index is 904. The number of imidazole rings is 1. The Hall–Kier alpha value is -1.42. The van der Waals surface area contributed by atoms with Crippen LogP contribution in [0.25, 0.3) is 11.0 Å². The van der Waals surface area contributed by atoms with Gasteiger partial charge in [0, 0.05) is 18.5 Å². The molecule has 7 heteroatoms. The number of rotatable bonds is 5. The van der Waals surface area contributed by atoms with E-state index in [1.165, 1.54) is 0 Å². The molecule has 0 spiro atoms. The summed E-state index contributed by atoms with van der Waals surface area (Å²) in [4.78, 5) is 9.18. The number of fused-ring (bicyclic) bond motifs is 1. The maximum atomic E-state index is 9.03. The van der Waals surface area contributed by atoms with Crippen LogP contribution in [0, 0.1) is 17.2 Å². The molecule has 1 aliphatic carbocycles. The van der Waals surface area contributed by atoms with Crippen molar-refractivity contribution in [2.75, 3.05) is 0 Å². The van der Waals surface area contributed by atoms with E-state index in [1.54, 1.807) is 6.20 Å². The lowest BCUT2D eigenvalue weighted by atomic mass is 9.84. The van der Waals surface area contributed by atoms with Gasteiger partial charge in [-0.1, -0.05) is 32.4 Å². The molecule has 0 N–H and O–H groups in total. The highest BCUT2D eigenvalue weighted by Gasteiger charge is 2.40. The number of hydrogen-bond donors (Lipinski definition) is 0. The highest BCUT2D eigenvalue weighted by atomic mass is 35.5. The minimum Gasteiger partial charge on any atom is -0.407 e. The van der Waals surface area contributed by atoms with Gasteiger partial charge in [0.2, 0.25) is 0 Å². The first kappa shape index (κ1) is 22.3. The number of pyridine rings is 1. The molecular formula is C22H33ClN4OSi. The second-order valence-electron chi connectivity index (χ2n) is 9.89. The van der Waals surface area contributed by atoms with Crippen LogP contribution in [0.15, 0.2) is 12.3 Å². The largest absolute Gasteiger partial charge is 0.407 e. The second kappa shape index (κ2) is 8.37. The van der Waals surface area contributed by atoms with E-state index in [4.69, 9.17) is 26.3 Å². The van der Waals surface area contributed by atoms with Crippen LogP contribution in [0.3, 0.4) is 0 Å². The topological polar surface area (TPSA) is 63.7 Å². The summed E-state index contributed by atoms with van der Waals surface area (Å²) in [5.41, 5.74) is 1.91. The van der Waals surface area contributed by atoms with Gasteiger partial charge in [0.15, 0.2) is 8.32 Å². The third-order valence-electron chi connectivity index (χ3n) is 6.77. The summed E-state index contributed by atoms with van der Waals surface area (Å²) in [6.07, 6.45) is 6.58. The van der Waals surface area contributed by atoms with Crippen LogP contribution in [0.5, 0.6) is 0 Å². The van der Waals surface area contributed by atoms with E-state index < -0.39 is 8.32 Å². The zero-order valence-electron chi connectivity index (χ0n) is 18.5. The van der Waals surface area contributed by atoms with E-state index in [2.05, 4.69) is 56.4 Å². The number of nitriles is 1. The molecular weight excluding hydrogens is 400 g/mol. The molecule has 5 nitrogen and oxygen atoms in total. The third-order valence-corrected chi connectivity index (χ3v) is 11.5. The molecule has 2 aromatic rings. The van der Waals surface area contributed by atoms with Gasteiger partial charge in [0.05, 0.1) is 17.8 Å². The van der Waals surface area contributed by atoms with Crippen LogP contribution in [0.4, 0.5) is 0 Å². The molecule has 3 rings (SSSR count). The number of nitrogens with zero attached hydrogens (tertiary/aromatic N) is 4. The first-order valence-electron chi connectivity index (χ1n) is 10.6. The minimum absolute atomic E-state index is 0.0982. The van der Waals surface area contributed by atoms with Gasteiger partial charge in [0.1, 0.15) is 22.6 Å². The average molecular weight is 433 g/mol. The first-order valence-corrected chi connectivity index (χ1v) is 13.9. The van der Waals surface area contributed by atoms with Gasteiger partial charge in [-0.25, -0.2) is 9.97 Å². The molecule has 0 saturated heterocycles. The molecule has 1 saturated carbocycles. The molecule has 2 aromatic heterocycles. The van der Waals surface area contributed by atoms with Crippen molar-refractivity contribution in [1.29, 1.82) is 5.26 Å². The predicted octanol–water partition coefficient (Wildman–Crippen LogP) is 6.81. The number of halogens is 1. The molecule has 0 radical (unpaired) electrons. The van der Waals surface area contributed by atoms with E-state index in [-0.39, 0.29) is 11.1 Å². The molecule has 1 fully saturated rings. The van der Waals surface area contributed by atoms with E-state index in [0.29, 0.717) is 23.5 Å². The molecule has 158 valence electrons. The molecule has 1 atom stereocenters. The molecule has 1 aliphatic rings. The second-order valence-corrected chi connectivity index (χ2v) is 15.0. The van der Waals surface area contributed by atoms with Gasteiger partial charge in [-0.3, -0.25) is 0 Å². The molecule has 0 aliphatic heterocycles. The first-order chi connectivity index (χ1) is 13.5. The fraction of sp³-hybridized carbons (Fsp3) is 0.682. The number of hydrogen-bond acceptors (Lipinski definition) is 4. The Morgan fingerprint density at radius 3 is 2.55 bits per heavy atom. The molecule has 0 unspecified atom stereocenters. The van der Waals surface area contributed by atoms with Gasteiger partial charge in [-0.2, -0.15) is 5.26 Å². The third kappa shape index (κ3) is 4.68. The SMILES string of the molecule is C[C@@H](O[Si](C)(C)C(C)(C)C)c1nc2cnc(Cl)cc2n1[C@H]1CC[C@H](CC#N)CC1. The lowest BCUT2D eigenvalue weighted by Gasteiger charge is -2.39. The van der Waals surface area contributed by atoms with Gasteiger partial charge >= 0.3 is 0 Å². The van der Waals surface area contributed by atoms with Gasteiger partial charge in [0.25, 0.3) is 0 Å². The average Bonchev–Trinajstić information content (AvgIpc) is 3.00. The number of aromatic nitrogens is 3. The van der Waals surface area contributed by atoms with Crippen molar-refractivity contribution in [2.45, 2.75) is 90.1 Å². The zero-order chi connectivity index (χ0) is 21.4. The van der Waals surface area contributed by atoms with Crippen LogP contribution in [0.2, 0.25) is 23.3 Å². The summed E-state index contributed by atoms with van der Waals surface area (Å²) in [7, 11) is -1.94. The van der Waals surface area contributed by atoms with Crippen molar-refractivity contribution in [2.24, 2.45) is 5.92 Å². The maximum absolute atomic E-state index is 9.03. The van der Waals surface area contributed by atoms with Crippen molar-refractivity contribution < 1.29 is 4.43 Å². The van der Waals surface area contributed by atoms with Gasteiger partial charge < -0.3 is 8.99 Å². The minimum atomic E-state index is -1.94. The molecule has 29 heavy (non-hydrogen) atoms. The summed E-state index contributed by atoms with van der Waals surface area (Å²) in [5.74, 6) is 1.48. The molecule has 2 heterocycles. The Balaban J connectivity index is 1.97. The molecule has 0 aromatic carbocycles. The lowest BCUT2D eigenvalue weighted by Crippen LogP contribution is -2.41. The van der Waals surface area contributed by atoms with Crippen LogP contribution >= 0.6 is 11.6 Å². The van der Waals surface area contributed by atoms with E-state index in [9.17, 15) is 0 Å². The van der Waals surface area contributed by atoms with Crippen LogP contribution in [-0.4, -0.2) is 22.9 Å². The fourth-order valence-electron chi connectivity index (χ4n) is 4.07. The Labute approximate surface area is 180 Å². The van der Waals surface area contributed by atoms with E-state index >= 15 is 0 Å². The van der Waals surface area contributed by atoms with Gasteiger partial charge in [-0.15, -0.1) is 0 Å². The quantitative estimate of drug-likeness (QED) is 0.384. The Kier molecular flexibility index (Phi) is 6.43. The highest BCUT2D eigenvalue weighted by molar-refractivity contribution is 6.74.